The van der Waals surface area contributed by atoms with Crippen molar-refractivity contribution in [3.8, 4) is 0 Å². The van der Waals surface area contributed by atoms with Gasteiger partial charge < -0.3 is 5.32 Å². The maximum atomic E-state index is 4.51. The van der Waals surface area contributed by atoms with E-state index >= 15 is 0 Å². The minimum atomic E-state index is 0.448. The highest BCUT2D eigenvalue weighted by atomic mass is 15.3. The zero-order chi connectivity index (χ0) is 13.2. The maximum Gasteiger partial charge on any atom is 0.126 e. The van der Waals surface area contributed by atoms with Gasteiger partial charge in [0.25, 0.3) is 0 Å². The molecule has 0 saturated carbocycles. The van der Waals surface area contributed by atoms with Crippen LogP contribution in [0.4, 0.5) is 5.82 Å². The number of hydrogen-bond donors (Lipinski definition) is 1. The lowest BCUT2D eigenvalue weighted by atomic mass is 9.93. The van der Waals surface area contributed by atoms with Gasteiger partial charge in [-0.2, -0.15) is 5.10 Å². The van der Waals surface area contributed by atoms with Gasteiger partial charge in [0.15, 0.2) is 0 Å². The van der Waals surface area contributed by atoms with E-state index in [0.717, 1.165) is 25.1 Å². The molecule has 100 valence electrons. The van der Waals surface area contributed by atoms with Crippen molar-refractivity contribution in [2.75, 3.05) is 5.32 Å². The van der Waals surface area contributed by atoms with Gasteiger partial charge in [-0.3, -0.25) is 4.68 Å². The Labute approximate surface area is 113 Å². The first-order chi connectivity index (χ1) is 9.24. The third-order valence-corrected chi connectivity index (χ3v) is 3.69. The van der Waals surface area contributed by atoms with Crippen LogP contribution in [-0.4, -0.2) is 20.8 Å². The van der Waals surface area contributed by atoms with Crippen molar-refractivity contribution in [3.63, 3.8) is 0 Å². The second-order valence-electron chi connectivity index (χ2n) is 5.45. The first-order valence-electron chi connectivity index (χ1n) is 6.97. The average molecular weight is 256 g/mol. The first-order valence-corrected chi connectivity index (χ1v) is 6.97. The van der Waals surface area contributed by atoms with Crippen molar-refractivity contribution in [2.24, 2.45) is 0 Å². The summed E-state index contributed by atoms with van der Waals surface area (Å²) in [5.74, 6) is 0.965. The summed E-state index contributed by atoms with van der Waals surface area (Å²) in [5, 5.41) is 8.02. The normalized spacial score (nSPS) is 18.4. The molecule has 19 heavy (non-hydrogen) atoms. The van der Waals surface area contributed by atoms with Gasteiger partial charge in [0, 0.05) is 24.0 Å². The number of anilines is 1. The lowest BCUT2D eigenvalue weighted by Gasteiger charge is -2.25. The van der Waals surface area contributed by atoms with Crippen LogP contribution in [0.3, 0.4) is 0 Å². The van der Waals surface area contributed by atoms with E-state index in [9.17, 15) is 0 Å². The Balaban J connectivity index is 1.73. The molecule has 1 atom stereocenters. The Morgan fingerprint density at radius 3 is 3.00 bits per heavy atom. The van der Waals surface area contributed by atoms with E-state index in [1.54, 1.807) is 0 Å². The van der Waals surface area contributed by atoms with Gasteiger partial charge >= 0.3 is 0 Å². The molecule has 2 aromatic heterocycles. The molecule has 0 aliphatic heterocycles. The van der Waals surface area contributed by atoms with Crippen LogP contribution in [0, 0.1) is 0 Å². The van der Waals surface area contributed by atoms with Crippen LogP contribution in [0.25, 0.3) is 0 Å². The number of hydrogen-bond acceptors (Lipinski definition) is 3. The van der Waals surface area contributed by atoms with Crippen LogP contribution in [0.15, 0.2) is 30.6 Å². The molecular weight excluding hydrogens is 236 g/mol. The lowest BCUT2D eigenvalue weighted by Crippen LogP contribution is -2.28. The van der Waals surface area contributed by atoms with Crippen LogP contribution < -0.4 is 5.32 Å². The SMILES string of the molecule is CC(C)n1ncc2c1CCC(Nc1ccccn1)C2. The number of rotatable bonds is 3. The Hall–Kier alpha value is -1.84. The van der Waals surface area contributed by atoms with Crippen molar-refractivity contribution in [1.82, 2.24) is 14.8 Å². The first kappa shape index (κ1) is 12.2. The number of nitrogens with one attached hydrogen (secondary N) is 1. The highest BCUT2D eigenvalue weighted by Gasteiger charge is 2.23. The standard InChI is InChI=1S/C15H20N4/c1-11(2)19-14-7-6-13(9-12(14)10-17-19)18-15-5-3-4-8-16-15/h3-5,8,10-11,13H,6-7,9H2,1-2H3,(H,16,18). The van der Waals surface area contributed by atoms with Gasteiger partial charge in [-0.25, -0.2) is 4.98 Å². The second kappa shape index (κ2) is 5.03. The fourth-order valence-corrected chi connectivity index (χ4v) is 2.77. The predicted octanol–water partition coefficient (Wildman–Crippen LogP) is 2.83. The third-order valence-electron chi connectivity index (χ3n) is 3.69. The molecule has 0 spiro atoms. The molecule has 0 amide bonds. The van der Waals surface area contributed by atoms with Crippen molar-refractivity contribution >= 4 is 5.82 Å². The molecule has 0 aromatic carbocycles. The average Bonchev–Trinajstić information content (AvgIpc) is 2.83. The monoisotopic (exact) mass is 256 g/mol. The molecule has 2 aromatic rings. The molecule has 0 bridgehead atoms. The number of nitrogens with zero attached hydrogens (tertiary/aromatic N) is 3. The van der Waals surface area contributed by atoms with E-state index in [4.69, 9.17) is 0 Å². The molecule has 0 radical (unpaired) electrons. The molecule has 1 aliphatic carbocycles. The maximum absolute atomic E-state index is 4.51. The minimum Gasteiger partial charge on any atom is -0.367 e. The molecule has 2 heterocycles. The zero-order valence-electron chi connectivity index (χ0n) is 11.5. The molecule has 4 nitrogen and oxygen atoms in total. The molecule has 0 saturated heterocycles. The fourth-order valence-electron chi connectivity index (χ4n) is 2.77. The molecule has 3 rings (SSSR count). The summed E-state index contributed by atoms with van der Waals surface area (Å²) in [7, 11) is 0. The molecule has 1 aliphatic rings. The van der Waals surface area contributed by atoms with Gasteiger partial charge in [0.1, 0.15) is 5.82 Å². The molecule has 1 unspecified atom stereocenters. The Morgan fingerprint density at radius 2 is 2.26 bits per heavy atom. The van der Waals surface area contributed by atoms with Crippen LogP contribution in [0.2, 0.25) is 0 Å². The highest BCUT2D eigenvalue weighted by molar-refractivity contribution is 5.36. The van der Waals surface area contributed by atoms with Gasteiger partial charge in [0.05, 0.1) is 6.20 Å². The van der Waals surface area contributed by atoms with E-state index < -0.39 is 0 Å². The highest BCUT2D eigenvalue weighted by Crippen LogP contribution is 2.25. The second-order valence-corrected chi connectivity index (χ2v) is 5.45. The van der Waals surface area contributed by atoms with Gasteiger partial charge in [0.2, 0.25) is 0 Å². The zero-order valence-corrected chi connectivity index (χ0v) is 11.5. The topological polar surface area (TPSA) is 42.7 Å². The molecule has 4 heteroatoms. The van der Waals surface area contributed by atoms with Crippen molar-refractivity contribution in [1.29, 1.82) is 0 Å². The van der Waals surface area contributed by atoms with Gasteiger partial charge in [-0.1, -0.05) is 6.07 Å². The Morgan fingerprint density at radius 1 is 1.37 bits per heavy atom. The summed E-state index contributed by atoms with van der Waals surface area (Å²) in [4.78, 5) is 4.33. The van der Waals surface area contributed by atoms with Gasteiger partial charge in [-0.05, 0) is 50.8 Å². The fraction of sp³-hybridized carbons (Fsp3) is 0.467. The molecular formula is C15H20N4. The number of aromatic nitrogens is 3. The van der Waals surface area contributed by atoms with Crippen LogP contribution >= 0.6 is 0 Å². The summed E-state index contributed by atoms with van der Waals surface area (Å²) < 4.78 is 2.16. The van der Waals surface area contributed by atoms with E-state index in [1.165, 1.54) is 11.3 Å². The smallest absolute Gasteiger partial charge is 0.126 e. The minimum absolute atomic E-state index is 0.448. The van der Waals surface area contributed by atoms with Gasteiger partial charge in [-0.15, -0.1) is 0 Å². The summed E-state index contributed by atoms with van der Waals surface area (Å²) in [6.45, 7) is 4.37. The number of pyridine rings is 1. The molecule has 0 fully saturated rings. The van der Waals surface area contributed by atoms with Crippen LogP contribution in [0.5, 0.6) is 0 Å². The van der Waals surface area contributed by atoms with E-state index in [2.05, 4.69) is 33.9 Å². The quantitative estimate of drug-likeness (QED) is 0.918. The van der Waals surface area contributed by atoms with E-state index in [-0.39, 0.29) is 0 Å². The third kappa shape index (κ3) is 2.48. The summed E-state index contributed by atoms with van der Waals surface area (Å²) in [5.41, 5.74) is 2.79. The molecule has 1 N–H and O–H groups in total. The van der Waals surface area contributed by atoms with E-state index in [1.807, 2.05) is 30.6 Å². The lowest BCUT2D eigenvalue weighted by molar-refractivity contribution is 0.487. The summed E-state index contributed by atoms with van der Waals surface area (Å²) in [6, 6.07) is 6.89. The van der Waals surface area contributed by atoms with Crippen LogP contribution in [-0.2, 0) is 12.8 Å². The largest absolute Gasteiger partial charge is 0.367 e. The van der Waals surface area contributed by atoms with Crippen LogP contribution in [0.1, 0.15) is 37.6 Å². The Kier molecular flexibility index (Phi) is 3.23. The summed E-state index contributed by atoms with van der Waals surface area (Å²) >= 11 is 0. The number of fused-ring (bicyclic) bond motifs is 1. The van der Waals surface area contributed by atoms with Crippen molar-refractivity contribution in [2.45, 2.75) is 45.2 Å². The Bertz CT molecular complexity index is 545. The van der Waals surface area contributed by atoms with E-state index in [0.29, 0.717) is 12.1 Å². The van der Waals surface area contributed by atoms with Crippen molar-refractivity contribution < 1.29 is 0 Å². The predicted molar refractivity (Wildman–Crippen MR) is 76.3 cm³/mol. The van der Waals surface area contributed by atoms with Crippen molar-refractivity contribution in [3.05, 3.63) is 41.9 Å². The summed E-state index contributed by atoms with van der Waals surface area (Å²) in [6.07, 6.45) is 7.13.